The van der Waals surface area contributed by atoms with Gasteiger partial charge >= 0.3 is 5.97 Å². The van der Waals surface area contributed by atoms with Gasteiger partial charge in [-0.2, -0.15) is 0 Å². The number of hydrogen-bond donors (Lipinski definition) is 2. The minimum Gasteiger partial charge on any atom is -0.496 e. The van der Waals surface area contributed by atoms with E-state index >= 15 is 0 Å². The summed E-state index contributed by atoms with van der Waals surface area (Å²) in [6, 6.07) is 4.49. The summed E-state index contributed by atoms with van der Waals surface area (Å²) in [4.78, 5) is 22.7. The normalized spacial score (nSPS) is 11.5. The summed E-state index contributed by atoms with van der Waals surface area (Å²) in [7, 11) is 2.90. The molecule has 0 radical (unpaired) electrons. The molecule has 1 rings (SSSR count). The van der Waals surface area contributed by atoms with Crippen LogP contribution >= 0.6 is 0 Å². The second-order valence-corrected chi connectivity index (χ2v) is 4.01. The summed E-state index contributed by atoms with van der Waals surface area (Å²) in [6.45, 7) is 1.62. The first-order valence-corrected chi connectivity index (χ1v) is 5.73. The summed E-state index contributed by atoms with van der Waals surface area (Å²) in [5.74, 6) is -0.651. The van der Waals surface area contributed by atoms with E-state index in [9.17, 15) is 9.59 Å². The van der Waals surface area contributed by atoms with Gasteiger partial charge in [-0.05, 0) is 19.1 Å². The lowest BCUT2D eigenvalue weighted by Gasteiger charge is -2.15. The molecule has 1 amide bonds. The van der Waals surface area contributed by atoms with Crippen LogP contribution in [-0.2, 0) is 4.79 Å². The Hall–Kier alpha value is -2.24. The lowest BCUT2D eigenvalue weighted by molar-refractivity contribution is -0.137. The van der Waals surface area contributed by atoms with Crippen LogP contribution in [0.2, 0.25) is 0 Å². The molecule has 2 N–H and O–H groups in total. The molecule has 0 aliphatic rings. The summed E-state index contributed by atoms with van der Waals surface area (Å²) < 4.78 is 10.2. The molecule has 1 atom stereocenters. The summed E-state index contributed by atoms with van der Waals surface area (Å²) in [5, 5.41) is 11.3. The molecule has 0 saturated heterocycles. The zero-order valence-electron chi connectivity index (χ0n) is 11.1. The molecule has 1 aromatic rings. The zero-order valence-corrected chi connectivity index (χ0v) is 11.1. The topological polar surface area (TPSA) is 84.9 Å². The molecule has 0 aromatic heterocycles. The van der Waals surface area contributed by atoms with E-state index < -0.39 is 17.9 Å². The second kappa shape index (κ2) is 6.63. The zero-order chi connectivity index (χ0) is 14.4. The number of carboxylic acids is 1. The minimum absolute atomic E-state index is 0.150. The summed E-state index contributed by atoms with van der Waals surface area (Å²) >= 11 is 0. The molecule has 1 unspecified atom stereocenters. The number of hydrogen-bond acceptors (Lipinski definition) is 4. The fourth-order valence-corrected chi connectivity index (χ4v) is 1.68. The van der Waals surface area contributed by atoms with Gasteiger partial charge in [0.1, 0.15) is 17.1 Å². The Labute approximate surface area is 111 Å². The Bertz CT molecular complexity index is 450. The van der Waals surface area contributed by atoms with E-state index in [4.69, 9.17) is 14.6 Å². The van der Waals surface area contributed by atoms with Crippen LogP contribution in [0.4, 0.5) is 0 Å². The van der Waals surface area contributed by atoms with Crippen LogP contribution < -0.4 is 14.8 Å². The van der Waals surface area contributed by atoms with E-state index in [2.05, 4.69) is 5.32 Å². The monoisotopic (exact) mass is 267 g/mol. The van der Waals surface area contributed by atoms with Crippen LogP contribution in [0.5, 0.6) is 11.5 Å². The van der Waals surface area contributed by atoms with E-state index in [1.807, 2.05) is 0 Å². The SMILES string of the molecule is COc1cccc(OC)c1C(=O)NC(C)CC(=O)O. The highest BCUT2D eigenvalue weighted by Gasteiger charge is 2.20. The third-order valence-corrected chi connectivity index (χ3v) is 2.51. The molecule has 0 bridgehead atoms. The van der Waals surface area contributed by atoms with Crippen LogP contribution in [0.15, 0.2) is 18.2 Å². The number of ether oxygens (including phenoxy) is 2. The molecule has 0 fully saturated rings. The molecule has 1 aromatic carbocycles. The minimum atomic E-state index is -0.972. The van der Waals surface area contributed by atoms with Gasteiger partial charge in [0.15, 0.2) is 0 Å². The fraction of sp³-hybridized carbons (Fsp3) is 0.385. The summed E-state index contributed by atoms with van der Waals surface area (Å²) in [5.41, 5.74) is 0.254. The standard InChI is InChI=1S/C13H17NO5/c1-8(7-11(15)16)14-13(17)12-9(18-2)5-4-6-10(12)19-3/h4-6,8H,7H2,1-3H3,(H,14,17)(H,15,16). The van der Waals surface area contributed by atoms with E-state index in [0.29, 0.717) is 11.5 Å². The maximum atomic E-state index is 12.1. The van der Waals surface area contributed by atoms with E-state index in [1.54, 1.807) is 25.1 Å². The van der Waals surface area contributed by atoms with Crippen molar-refractivity contribution < 1.29 is 24.2 Å². The number of nitrogens with one attached hydrogen (secondary N) is 1. The van der Waals surface area contributed by atoms with Gasteiger partial charge < -0.3 is 19.9 Å². The van der Waals surface area contributed by atoms with Crippen LogP contribution in [0.25, 0.3) is 0 Å². The second-order valence-electron chi connectivity index (χ2n) is 4.01. The average Bonchev–Trinajstić information content (AvgIpc) is 2.36. The van der Waals surface area contributed by atoms with Gasteiger partial charge in [0.25, 0.3) is 5.91 Å². The number of aliphatic carboxylic acids is 1. The van der Waals surface area contributed by atoms with Crippen molar-refractivity contribution in [2.24, 2.45) is 0 Å². The Morgan fingerprint density at radius 1 is 1.26 bits per heavy atom. The number of benzene rings is 1. The molecule has 0 saturated carbocycles. The summed E-state index contributed by atoms with van der Waals surface area (Å²) in [6.07, 6.45) is -0.150. The molecule has 0 heterocycles. The highest BCUT2D eigenvalue weighted by atomic mass is 16.5. The molecule has 6 heteroatoms. The molecular weight excluding hydrogens is 250 g/mol. The molecule has 0 spiro atoms. The van der Waals surface area contributed by atoms with Gasteiger partial charge in [-0.3, -0.25) is 9.59 Å². The number of carbonyl (C=O) groups is 2. The number of carbonyl (C=O) groups excluding carboxylic acids is 1. The average molecular weight is 267 g/mol. The number of methoxy groups -OCH3 is 2. The highest BCUT2D eigenvalue weighted by Crippen LogP contribution is 2.28. The predicted molar refractivity (Wildman–Crippen MR) is 68.7 cm³/mol. The van der Waals surface area contributed by atoms with E-state index in [0.717, 1.165) is 0 Å². The first-order valence-electron chi connectivity index (χ1n) is 5.73. The van der Waals surface area contributed by atoms with Crippen LogP contribution in [0, 0.1) is 0 Å². The van der Waals surface area contributed by atoms with Crippen LogP contribution in [0.3, 0.4) is 0 Å². The first kappa shape index (κ1) is 14.8. The molecule has 104 valence electrons. The molecule has 6 nitrogen and oxygen atoms in total. The van der Waals surface area contributed by atoms with Gasteiger partial charge in [0.05, 0.1) is 20.6 Å². The quantitative estimate of drug-likeness (QED) is 0.811. The maximum absolute atomic E-state index is 12.1. The Kier molecular flexibility index (Phi) is 5.17. The largest absolute Gasteiger partial charge is 0.496 e. The smallest absolute Gasteiger partial charge is 0.305 e. The Morgan fingerprint density at radius 2 is 1.79 bits per heavy atom. The number of rotatable bonds is 6. The van der Waals surface area contributed by atoms with Crippen molar-refractivity contribution in [1.82, 2.24) is 5.32 Å². The van der Waals surface area contributed by atoms with Gasteiger partial charge in [0, 0.05) is 6.04 Å². The molecule has 0 aliphatic carbocycles. The molecular formula is C13H17NO5. The van der Waals surface area contributed by atoms with Gasteiger partial charge in [-0.1, -0.05) is 6.07 Å². The van der Waals surface area contributed by atoms with Gasteiger partial charge in [-0.15, -0.1) is 0 Å². The fourth-order valence-electron chi connectivity index (χ4n) is 1.68. The third kappa shape index (κ3) is 3.87. The van der Waals surface area contributed by atoms with Crippen molar-refractivity contribution in [2.75, 3.05) is 14.2 Å². The first-order chi connectivity index (χ1) is 8.99. The van der Waals surface area contributed by atoms with Gasteiger partial charge in [-0.25, -0.2) is 0 Å². The number of amides is 1. The van der Waals surface area contributed by atoms with E-state index in [1.165, 1.54) is 14.2 Å². The highest BCUT2D eigenvalue weighted by molar-refractivity contribution is 6.00. The van der Waals surface area contributed by atoms with E-state index in [-0.39, 0.29) is 12.0 Å². The van der Waals surface area contributed by atoms with Crippen molar-refractivity contribution in [1.29, 1.82) is 0 Å². The lowest BCUT2D eigenvalue weighted by atomic mass is 10.1. The van der Waals surface area contributed by atoms with Gasteiger partial charge in [0.2, 0.25) is 0 Å². The Balaban J connectivity index is 2.95. The maximum Gasteiger partial charge on any atom is 0.305 e. The lowest BCUT2D eigenvalue weighted by Crippen LogP contribution is -2.34. The van der Waals surface area contributed by atoms with Crippen molar-refractivity contribution in [3.63, 3.8) is 0 Å². The van der Waals surface area contributed by atoms with Crippen molar-refractivity contribution in [2.45, 2.75) is 19.4 Å². The predicted octanol–water partition coefficient (Wildman–Crippen LogP) is 1.30. The Morgan fingerprint density at radius 3 is 2.21 bits per heavy atom. The van der Waals surface area contributed by atoms with Crippen molar-refractivity contribution >= 4 is 11.9 Å². The third-order valence-electron chi connectivity index (χ3n) is 2.51. The molecule has 19 heavy (non-hydrogen) atoms. The molecule has 0 aliphatic heterocycles. The number of carboxylic acid groups (broad SMARTS) is 1. The van der Waals surface area contributed by atoms with Crippen LogP contribution in [0.1, 0.15) is 23.7 Å². The van der Waals surface area contributed by atoms with Crippen LogP contribution in [-0.4, -0.2) is 37.2 Å². The van der Waals surface area contributed by atoms with Crippen molar-refractivity contribution in [3.05, 3.63) is 23.8 Å². The van der Waals surface area contributed by atoms with Crippen molar-refractivity contribution in [3.8, 4) is 11.5 Å².